The zero-order valence-electron chi connectivity index (χ0n) is 11.2. The number of carbonyl (C=O) groups excluding carboxylic acids is 1. The van der Waals surface area contributed by atoms with E-state index in [0.29, 0.717) is 0 Å². The third-order valence-corrected chi connectivity index (χ3v) is 4.21. The molecule has 1 amide bonds. The molecular formula is C15H21N3O. The van der Waals surface area contributed by atoms with E-state index in [1.807, 2.05) is 12.3 Å². The van der Waals surface area contributed by atoms with Crippen molar-refractivity contribution in [3.63, 3.8) is 0 Å². The highest BCUT2D eigenvalue weighted by Gasteiger charge is 2.34. The van der Waals surface area contributed by atoms with Crippen molar-refractivity contribution >= 4 is 5.91 Å². The molecule has 0 aliphatic carbocycles. The number of carbonyl (C=O) groups is 1. The van der Waals surface area contributed by atoms with Crippen molar-refractivity contribution in [1.29, 1.82) is 0 Å². The van der Waals surface area contributed by atoms with Gasteiger partial charge in [-0.3, -0.25) is 9.78 Å². The fourth-order valence-corrected chi connectivity index (χ4v) is 3.21. The number of rotatable bonds is 2. The molecule has 2 aliphatic heterocycles. The van der Waals surface area contributed by atoms with E-state index in [0.717, 1.165) is 38.8 Å². The molecule has 102 valence electrons. The Balaban J connectivity index is 1.74. The van der Waals surface area contributed by atoms with Crippen LogP contribution in [0.3, 0.4) is 0 Å². The van der Waals surface area contributed by atoms with E-state index in [1.165, 1.54) is 12.0 Å². The van der Waals surface area contributed by atoms with E-state index in [-0.39, 0.29) is 18.0 Å². The summed E-state index contributed by atoms with van der Waals surface area (Å²) in [6.45, 7) is 1.86. The lowest BCUT2D eigenvalue weighted by Gasteiger charge is -2.31. The molecule has 3 heterocycles. The van der Waals surface area contributed by atoms with Crippen LogP contribution < -0.4 is 5.32 Å². The van der Waals surface area contributed by atoms with Crippen LogP contribution >= 0.6 is 0 Å². The normalized spacial score (nSPS) is 27.5. The van der Waals surface area contributed by atoms with Crippen molar-refractivity contribution < 1.29 is 4.79 Å². The van der Waals surface area contributed by atoms with E-state index < -0.39 is 0 Å². The molecule has 1 aromatic rings. The number of hydrogen-bond donors (Lipinski definition) is 1. The zero-order chi connectivity index (χ0) is 13.1. The lowest BCUT2D eigenvalue weighted by molar-refractivity contribution is -0.135. The number of amides is 1. The van der Waals surface area contributed by atoms with Crippen LogP contribution in [-0.4, -0.2) is 34.9 Å². The monoisotopic (exact) mass is 259 g/mol. The number of nitrogens with zero attached hydrogens (tertiary/aromatic N) is 2. The maximum absolute atomic E-state index is 12.6. The Morgan fingerprint density at radius 3 is 3.00 bits per heavy atom. The molecule has 4 heteroatoms. The minimum atomic E-state index is 0.0334. The van der Waals surface area contributed by atoms with Gasteiger partial charge in [0.05, 0.1) is 12.1 Å². The van der Waals surface area contributed by atoms with Crippen LogP contribution in [0.25, 0.3) is 0 Å². The minimum Gasteiger partial charge on any atom is -0.334 e. The predicted molar refractivity (Wildman–Crippen MR) is 73.6 cm³/mol. The number of nitrogens with one attached hydrogen (secondary N) is 1. The first-order valence-corrected chi connectivity index (χ1v) is 7.30. The van der Waals surface area contributed by atoms with Gasteiger partial charge in [-0.15, -0.1) is 0 Å². The number of piperidine rings is 1. The second-order valence-corrected chi connectivity index (χ2v) is 5.48. The fraction of sp³-hybridized carbons (Fsp3) is 0.600. The van der Waals surface area contributed by atoms with Crippen LogP contribution in [0, 0.1) is 0 Å². The number of pyridine rings is 1. The zero-order valence-corrected chi connectivity index (χ0v) is 11.2. The summed E-state index contributed by atoms with van der Waals surface area (Å²) in [6, 6.07) is 4.29. The Bertz CT molecular complexity index is 428. The van der Waals surface area contributed by atoms with E-state index in [4.69, 9.17) is 0 Å². The second kappa shape index (κ2) is 5.70. The fourth-order valence-electron chi connectivity index (χ4n) is 3.21. The van der Waals surface area contributed by atoms with Crippen LogP contribution in [0.5, 0.6) is 0 Å². The van der Waals surface area contributed by atoms with Crippen LogP contribution in [0.15, 0.2) is 24.5 Å². The Labute approximate surface area is 114 Å². The van der Waals surface area contributed by atoms with Crippen LogP contribution in [-0.2, 0) is 4.79 Å². The van der Waals surface area contributed by atoms with Gasteiger partial charge in [-0.25, -0.2) is 0 Å². The highest BCUT2D eigenvalue weighted by atomic mass is 16.2. The molecule has 0 saturated carbocycles. The third kappa shape index (κ3) is 2.63. The molecule has 1 N–H and O–H groups in total. The van der Waals surface area contributed by atoms with E-state index in [9.17, 15) is 4.79 Å². The Hall–Kier alpha value is -1.42. The summed E-state index contributed by atoms with van der Waals surface area (Å²) in [4.78, 5) is 18.9. The summed E-state index contributed by atoms with van der Waals surface area (Å²) in [7, 11) is 0. The summed E-state index contributed by atoms with van der Waals surface area (Å²) in [5.41, 5.74) is 1.17. The third-order valence-electron chi connectivity index (χ3n) is 4.21. The van der Waals surface area contributed by atoms with Crippen LogP contribution in [0.2, 0.25) is 0 Å². The number of hydrogen-bond acceptors (Lipinski definition) is 3. The maximum Gasteiger partial charge on any atom is 0.240 e. The van der Waals surface area contributed by atoms with Crippen molar-refractivity contribution in [2.24, 2.45) is 0 Å². The molecule has 2 saturated heterocycles. The van der Waals surface area contributed by atoms with E-state index in [2.05, 4.69) is 21.3 Å². The predicted octanol–water partition coefficient (Wildman–Crippen LogP) is 1.89. The molecule has 2 unspecified atom stereocenters. The number of aromatic nitrogens is 1. The van der Waals surface area contributed by atoms with E-state index in [1.54, 1.807) is 6.20 Å². The van der Waals surface area contributed by atoms with Crippen molar-refractivity contribution in [1.82, 2.24) is 15.2 Å². The van der Waals surface area contributed by atoms with Gasteiger partial charge in [0.1, 0.15) is 0 Å². The summed E-state index contributed by atoms with van der Waals surface area (Å²) < 4.78 is 0. The Kier molecular flexibility index (Phi) is 3.78. The Morgan fingerprint density at radius 1 is 1.32 bits per heavy atom. The molecule has 2 fully saturated rings. The van der Waals surface area contributed by atoms with Crippen molar-refractivity contribution in [2.45, 2.75) is 44.2 Å². The molecule has 0 aromatic carbocycles. The topological polar surface area (TPSA) is 45.2 Å². The number of likely N-dealkylation sites (tertiary alicyclic amines) is 1. The summed E-state index contributed by atoms with van der Waals surface area (Å²) in [5, 5.41) is 3.36. The first-order valence-electron chi connectivity index (χ1n) is 7.30. The molecule has 0 bridgehead atoms. The van der Waals surface area contributed by atoms with Gasteiger partial charge in [-0.2, -0.15) is 0 Å². The molecule has 1 aromatic heterocycles. The van der Waals surface area contributed by atoms with Crippen molar-refractivity contribution in [2.75, 3.05) is 13.1 Å². The molecule has 0 spiro atoms. The van der Waals surface area contributed by atoms with Gasteiger partial charge < -0.3 is 10.2 Å². The van der Waals surface area contributed by atoms with Crippen LogP contribution in [0.1, 0.15) is 43.7 Å². The van der Waals surface area contributed by atoms with Gasteiger partial charge >= 0.3 is 0 Å². The summed E-state index contributed by atoms with van der Waals surface area (Å²) >= 11 is 0. The molecular weight excluding hydrogens is 238 g/mol. The minimum absolute atomic E-state index is 0.0334. The van der Waals surface area contributed by atoms with Gasteiger partial charge in [0.2, 0.25) is 5.91 Å². The first kappa shape index (κ1) is 12.6. The SMILES string of the molecule is O=C(C1CCCCN1)N1CCCC1c1cccnc1. The summed E-state index contributed by atoms with van der Waals surface area (Å²) in [6.07, 6.45) is 9.17. The largest absolute Gasteiger partial charge is 0.334 e. The lowest BCUT2D eigenvalue weighted by atomic mass is 10.0. The standard InChI is InChI=1S/C15H21N3O/c19-15(13-6-1-2-9-17-13)18-10-4-7-14(18)12-5-3-8-16-11-12/h3,5,8,11,13-14,17H,1-2,4,6-7,9-10H2. The van der Waals surface area contributed by atoms with Crippen molar-refractivity contribution in [3.8, 4) is 0 Å². The van der Waals surface area contributed by atoms with Gasteiger partial charge in [-0.05, 0) is 43.9 Å². The molecule has 2 atom stereocenters. The lowest BCUT2D eigenvalue weighted by Crippen LogP contribution is -2.48. The summed E-state index contributed by atoms with van der Waals surface area (Å²) in [5.74, 6) is 0.283. The van der Waals surface area contributed by atoms with Gasteiger partial charge in [-0.1, -0.05) is 12.5 Å². The Morgan fingerprint density at radius 2 is 2.26 bits per heavy atom. The van der Waals surface area contributed by atoms with Gasteiger partial charge in [0, 0.05) is 18.9 Å². The van der Waals surface area contributed by atoms with Crippen molar-refractivity contribution in [3.05, 3.63) is 30.1 Å². The second-order valence-electron chi connectivity index (χ2n) is 5.48. The molecule has 4 nitrogen and oxygen atoms in total. The molecule has 2 aliphatic rings. The van der Waals surface area contributed by atoms with Crippen LogP contribution in [0.4, 0.5) is 0 Å². The van der Waals surface area contributed by atoms with E-state index >= 15 is 0 Å². The highest BCUT2D eigenvalue weighted by Crippen LogP contribution is 2.32. The molecule has 3 rings (SSSR count). The van der Waals surface area contributed by atoms with Gasteiger partial charge in [0.25, 0.3) is 0 Å². The molecule has 19 heavy (non-hydrogen) atoms. The quantitative estimate of drug-likeness (QED) is 0.882. The average molecular weight is 259 g/mol. The smallest absolute Gasteiger partial charge is 0.240 e. The molecule has 0 radical (unpaired) electrons. The van der Waals surface area contributed by atoms with Gasteiger partial charge in [0.15, 0.2) is 0 Å². The maximum atomic E-state index is 12.6. The highest BCUT2D eigenvalue weighted by molar-refractivity contribution is 5.82. The first-order chi connectivity index (χ1) is 9.36. The average Bonchev–Trinajstić information content (AvgIpc) is 2.98.